The highest BCUT2D eigenvalue weighted by atomic mass is 32.1. The fourth-order valence-corrected chi connectivity index (χ4v) is 3.13. The minimum Gasteiger partial charge on any atom is -0.491 e. The molecule has 0 aliphatic rings. The van der Waals surface area contributed by atoms with Crippen LogP contribution in [-0.2, 0) is 6.54 Å². The fraction of sp³-hybridized carbons (Fsp3) is 0.267. The second-order valence-corrected chi connectivity index (χ2v) is 5.81. The highest BCUT2D eigenvalue weighted by molar-refractivity contribution is 7.71. The van der Waals surface area contributed by atoms with Crippen LogP contribution >= 0.6 is 23.6 Å². The van der Waals surface area contributed by atoms with Crippen LogP contribution < -0.4 is 4.74 Å². The number of rotatable bonds is 5. The van der Waals surface area contributed by atoms with Crippen molar-refractivity contribution >= 4 is 34.6 Å². The molecule has 1 N–H and O–H groups in total. The first kappa shape index (κ1) is 13.4. The topological polar surface area (TPSA) is 29.9 Å². The number of fused-ring (bicyclic) bond motifs is 1. The third kappa shape index (κ3) is 2.51. The Bertz CT molecular complexity index is 756. The molecule has 2 heterocycles. The van der Waals surface area contributed by atoms with Crippen molar-refractivity contribution in [3.05, 3.63) is 45.4 Å². The number of aromatic nitrogens is 2. The van der Waals surface area contributed by atoms with E-state index in [1.54, 1.807) is 11.3 Å². The number of benzene rings is 1. The molecule has 0 aliphatic carbocycles. The van der Waals surface area contributed by atoms with Gasteiger partial charge in [-0.25, -0.2) is 0 Å². The van der Waals surface area contributed by atoms with E-state index in [4.69, 9.17) is 17.0 Å². The number of hydrogen-bond acceptors (Lipinski definition) is 3. The number of thiophene rings is 1. The van der Waals surface area contributed by atoms with Gasteiger partial charge in [-0.2, -0.15) is 11.3 Å². The van der Waals surface area contributed by atoms with E-state index in [0.717, 1.165) is 41.1 Å². The van der Waals surface area contributed by atoms with Crippen LogP contribution in [0.2, 0.25) is 0 Å². The molecule has 3 nitrogen and oxygen atoms in total. The van der Waals surface area contributed by atoms with E-state index in [-0.39, 0.29) is 0 Å². The van der Waals surface area contributed by atoms with Crippen molar-refractivity contribution in [3.8, 4) is 5.75 Å². The average Bonchev–Trinajstić information content (AvgIpc) is 3.06. The van der Waals surface area contributed by atoms with Gasteiger partial charge in [-0.1, -0.05) is 13.0 Å². The van der Waals surface area contributed by atoms with Gasteiger partial charge in [0.2, 0.25) is 0 Å². The van der Waals surface area contributed by atoms with Gasteiger partial charge in [-0.3, -0.25) is 0 Å². The number of ether oxygens (including phenoxy) is 1. The second-order valence-electron chi connectivity index (χ2n) is 4.65. The standard InChI is InChI=1S/C15H16N2OS2/c1-2-7-18-13-5-3-4-12-14(13)16-15(19)17(12)9-11-6-8-20-10-11/h3-6,8,10H,2,7,9H2,1H3,(H,16,19). The van der Waals surface area contributed by atoms with Crippen LogP contribution in [0.3, 0.4) is 0 Å². The number of nitrogens with one attached hydrogen (secondary N) is 1. The molecule has 0 amide bonds. The molecule has 1 aromatic carbocycles. The van der Waals surface area contributed by atoms with E-state index >= 15 is 0 Å². The molecule has 0 unspecified atom stereocenters. The molecule has 0 aliphatic heterocycles. The van der Waals surface area contributed by atoms with Crippen LogP contribution in [-0.4, -0.2) is 16.2 Å². The van der Waals surface area contributed by atoms with Crippen molar-refractivity contribution in [2.24, 2.45) is 0 Å². The fourth-order valence-electron chi connectivity index (χ4n) is 2.21. The van der Waals surface area contributed by atoms with Gasteiger partial charge >= 0.3 is 0 Å². The monoisotopic (exact) mass is 304 g/mol. The van der Waals surface area contributed by atoms with Crippen LogP contribution in [0.5, 0.6) is 5.75 Å². The number of aromatic amines is 1. The predicted octanol–water partition coefficient (Wildman–Crippen LogP) is 4.60. The largest absolute Gasteiger partial charge is 0.491 e. The van der Waals surface area contributed by atoms with Crippen molar-refractivity contribution in [2.45, 2.75) is 19.9 Å². The lowest BCUT2D eigenvalue weighted by Crippen LogP contribution is -1.98. The Morgan fingerprint density at radius 2 is 2.25 bits per heavy atom. The zero-order chi connectivity index (χ0) is 13.9. The zero-order valence-electron chi connectivity index (χ0n) is 11.3. The molecule has 3 rings (SSSR count). The van der Waals surface area contributed by atoms with Gasteiger partial charge in [0.1, 0.15) is 11.3 Å². The number of H-pyrrole nitrogens is 1. The van der Waals surface area contributed by atoms with E-state index in [2.05, 4.69) is 39.4 Å². The number of hydrogen-bond donors (Lipinski definition) is 1. The lowest BCUT2D eigenvalue weighted by Gasteiger charge is -2.06. The Morgan fingerprint density at radius 3 is 3.00 bits per heavy atom. The molecule has 3 aromatic rings. The summed E-state index contributed by atoms with van der Waals surface area (Å²) in [5.74, 6) is 0.875. The smallest absolute Gasteiger partial charge is 0.178 e. The van der Waals surface area contributed by atoms with Crippen molar-refractivity contribution in [3.63, 3.8) is 0 Å². The van der Waals surface area contributed by atoms with Crippen LogP contribution in [0.25, 0.3) is 11.0 Å². The second kappa shape index (κ2) is 5.81. The SMILES string of the molecule is CCCOc1cccc2c1[nH]c(=S)n2Cc1ccsc1. The molecule has 0 saturated heterocycles. The first-order chi connectivity index (χ1) is 9.79. The normalized spacial score (nSPS) is 11.1. The number of nitrogens with zero attached hydrogens (tertiary/aromatic N) is 1. The van der Waals surface area contributed by atoms with Crippen molar-refractivity contribution < 1.29 is 4.74 Å². The van der Waals surface area contributed by atoms with Crippen LogP contribution in [0.15, 0.2) is 35.0 Å². The van der Waals surface area contributed by atoms with Gasteiger partial charge in [0.05, 0.1) is 18.7 Å². The quantitative estimate of drug-likeness (QED) is 0.698. The number of imidazole rings is 1. The maximum Gasteiger partial charge on any atom is 0.178 e. The van der Waals surface area contributed by atoms with E-state index in [0.29, 0.717) is 0 Å². The Balaban J connectivity index is 2.05. The van der Waals surface area contributed by atoms with Crippen LogP contribution in [0.1, 0.15) is 18.9 Å². The molecule has 2 aromatic heterocycles. The molecule has 0 fully saturated rings. The van der Waals surface area contributed by atoms with Gasteiger partial charge in [0.15, 0.2) is 4.77 Å². The van der Waals surface area contributed by atoms with Crippen LogP contribution in [0.4, 0.5) is 0 Å². The molecule has 0 bridgehead atoms. The lowest BCUT2D eigenvalue weighted by molar-refractivity contribution is 0.320. The summed E-state index contributed by atoms with van der Waals surface area (Å²) in [6, 6.07) is 8.20. The molecule has 0 radical (unpaired) electrons. The third-order valence-corrected chi connectivity index (χ3v) is 4.21. The number of para-hydroxylation sites is 1. The molecular weight excluding hydrogens is 288 g/mol. The maximum atomic E-state index is 5.78. The molecular formula is C15H16N2OS2. The molecule has 0 spiro atoms. The summed E-state index contributed by atoms with van der Waals surface area (Å²) in [5.41, 5.74) is 3.35. The summed E-state index contributed by atoms with van der Waals surface area (Å²) >= 11 is 7.16. The average molecular weight is 304 g/mol. The predicted molar refractivity (Wildman–Crippen MR) is 86.3 cm³/mol. The van der Waals surface area contributed by atoms with E-state index in [1.807, 2.05) is 12.1 Å². The summed E-state index contributed by atoms with van der Waals surface area (Å²) in [7, 11) is 0. The van der Waals surface area contributed by atoms with Crippen molar-refractivity contribution in [1.82, 2.24) is 9.55 Å². The summed E-state index contributed by atoms with van der Waals surface area (Å²) in [4.78, 5) is 3.27. The van der Waals surface area contributed by atoms with Crippen molar-refractivity contribution in [1.29, 1.82) is 0 Å². The Hall–Kier alpha value is -1.59. The summed E-state index contributed by atoms with van der Waals surface area (Å²) in [5, 5.41) is 4.24. The van der Waals surface area contributed by atoms with Gasteiger partial charge in [-0.05, 0) is 53.2 Å². The first-order valence-electron chi connectivity index (χ1n) is 6.65. The van der Waals surface area contributed by atoms with Gasteiger partial charge in [0, 0.05) is 0 Å². The first-order valence-corrected chi connectivity index (χ1v) is 8.00. The minimum atomic E-state index is 0.718. The van der Waals surface area contributed by atoms with Gasteiger partial charge in [-0.15, -0.1) is 0 Å². The Kier molecular flexibility index (Phi) is 3.89. The zero-order valence-corrected chi connectivity index (χ0v) is 12.9. The van der Waals surface area contributed by atoms with Gasteiger partial charge < -0.3 is 14.3 Å². The maximum absolute atomic E-state index is 5.78. The molecule has 5 heteroatoms. The Morgan fingerprint density at radius 1 is 1.35 bits per heavy atom. The summed E-state index contributed by atoms with van der Waals surface area (Å²) in [6.45, 7) is 3.61. The highest BCUT2D eigenvalue weighted by Gasteiger charge is 2.09. The Labute approximate surface area is 126 Å². The van der Waals surface area contributed by atoms with Crippen molar-refractivity contribution in [2.75, 3.05) is 6.61 Å². The summed E-state index contributed by atoms with van der Waals surface area (Å²) in [6.07, 6.45) is 0.993. The molecule has 0 atom stereocenters. The van der Waals surface area contributed by atoms with Gasteiger partial charge in [0.25, 0.3) is 0 Å². The van der Waals surface area contributed by atoms with E-state index in [1.165, 1.54) is 5.56 Å². The lowest BCUT2D eigenvalue weighted by atomic mass is 10.2. The minimum absolute atomic E-state index is 0.718. The molecule has 0 saturated carbocycles. The highest BCUT2D eigenvalue weighted by Crippen LogP contribution is 2.26. The van der Waals surface area contributed by atoms with E-state index in [9.17, 15) is 0 Å². The van der Waals surface area contributed by atoms with Crippen LogP contribution in [0, 0.1) is 4.77 Å². The molecule has 104 valence electrons. The molecule has 20 heavy (non-hydrogen) atoms. The summed E-state index contributed by atoms with van der Waals surface area (Å²) < 4.78 is 8.63. The van der Waals surface area contributed by atoms with E-state index < -0.39 is 0 Å². The third-order valence-electron chi connectivity index (χ3n) is 3.15.